The van der Waals surface area contributed by atoms with Gasteiger partial charge in [0.15, 0.2) is 5.82 Å². The van der Waals surface area contributed by atoms with Crippen LogP contribution in [0.15, 0.2) is 24.7 Å². The molecule has 2 amide bonds. The number of nitrogens with zero attached hydrogens (tertiary/aromatic N) is 5. The highest BCUT2D eigenvalue weighted by Gasteiger charge is 2.22. The monoisotopic (exact) mass is 373 g/mol. The van der Waals surface area contributed by atoms with Gasteiger partial charge in [-0.3, -0.25) is 5.32 Å². The van der Waals surface area contributed by atoms with Crippen molar-refractivity contribution in [2.24, 2.45) is 7.05 Å². The summed E-state index contributed by atoms with van der Waals surface area (Å²) in [6, 6.07) is 2.98. The number of anilines is 1. The molecule has 3 aromatic rings. The molecule has 26 heavy (non-hydrogen) atoms. The molecule has 0 saturated carbocycles. The van der Waals surface area contributed by atoms with Crippen molar-refractivity contribution in [3.05, 3.63) is 29.5 Å². The van der Waals surface area contributed by atoms with E-state index >= 15 is 0 Å². The normalized spacial score (nSPS) is 10.5. The minimum absolute atomic E-state index is 0.0700. The Morgan fingerprint density at radius 2 is 2.12 bits per heavy atom. The highest BCUT2D eigenvalue weighted by atomic mass is 32.1. The molecule has 0 bridgehead atoms. The molecule has 0 aromatic carbocycles. The molecule has 0 saturated heterocycles. The number of aromatic nitrogens is 5. The zero-order chi connectivity index (χ0) is 18.7. The fourth-order valence-electron chi connectivity index (χ4n) is 2.17. The van der Waals surface area contributed by atoms with Crippen molar-refractivity contribution in [1.29, 1.82) is 0 Å². The van der Waals surface area contributed by atoms with E-state index in [1.165, 1.54) is 17.2 Å². The number of carbonyl (C=O) groups excluding carboxylic acids is 1. The highest BCUT2D eigenvalue weighted by Crippen LogP contribution is 2.32. The Kier molecular flexibility index (Phi) is 4.89. The number of urea groups is 1. The van der Waals surface area contributed by atoms with Gasteiger partial charge in [-0.1, -0.05) is 0 Å². The maximum atomic E-state index is 11.6. The highest BCUT2D eigenvalue weighted by molar-refractivity contribution is 7.17. The van der Waals surface area contributed by atoms with E-state index in [1.807, 2.05) is 6.92 Å². The molecule has 0 spiro atoms. The second-order valence-corrected chi connectivity index (χ2v) is 6.12. The smallest absolute Gasteiger partial charge is 0.348 e. The van der Waals surface area contributed by atoms with Crippen LogP contribution < -0.4 is 10.6 Å². The van der Waals surface area contributed by atoms with E-state index in [-0.39, 0.29) is 16.6 Å². The van der Waals surface area contributed by atoms with E-state index < -0.39 is 5.97 Å². The van der Waals surface area contributed by atoms with Gasteiger partial charge in [-0.15, -0.1) is 11.3 Å². The van der Waals surface area contributed by atoms with Crippen molar-refractivity contribution in [3.8, 4) is 22.1 Å². The molecule has 0 fully saturated rings. The molecule has 0 unspecified atom stereocenters. The summed E-state index contributed by atoms with van der Waals surface area (Å²) in [6.45, 7) is 2.32. The number of amides is 2. The zero-order valence-electron chi connectivity index (χ0n) is 13.9. The first-order chi connectivity index (χ1) is 12.5. The van der Waals surface area contributed by atoms with E-state index in [9.17, 15) is 14.7 Å². The number of hydrogen-bond acceptors (Lipinski definition) is 7. The lowest BCUT2D eigenvalue weighted by Gasteiger charge is -2.05. The summed E-state index contributed by atoms with van der Waals surface area (Å²) in [6.07, 6.45) is 2.86. The van der Waals surface area contributed by atoms with Gasteiger partial charge in [-0.25, -0.2) is 29.2 Å². The summed E-state index contributed by atoms with van der Waals surface area (Å²) >= 11 is 1.02. The molecule has 11 heteroatoms. The van der Waals surface area contributed by atoms with Crippen molar-refractivity contribution >= 4 is 29.2 Å². The molecule has 3 rings (SSSR count). The number of hydrogen-bond donors (Lipinski definition) is 3. The van der Waals surface area contributed by atoms with Crippen LogP contribution in [-0.2, 0) is 7.05 Å². The topological polar surface area (TPSA) is 135 Å². The van der Waals surface area contributed by atoms with E-state index in [4.69, 9.17) is 0 Å². The lowest BCUT2D eigenvalue weighted by molar-refractivity contribution is 0.0702. The predicted octanol–water partition coefficient (Wildman–Crippen LogP) is 1.84. The largest absolute Gasteiger partial charge is 0.477 e. The molecule has 0 aliphatic carbocycles. The van der Waals surface area contributed by atoms with Crippen molar-refractivity contribution in [2.45, 2.75) is 6.92 Å². The summed E-state index contributed by atoms with van der Waals surface area (Å²) in [5.74, 6) is -0.343. The van der Waals surface area contributed by atoms with Gasteiger partial charge >= 0.3 is 12.0 Å². The van der Waals surface area contributed by atoms with Crippen LogP contribution in [0.3, 0.4) is 0 Å². The van der Waals surface area contributed by atoms with Gasteiger partial charge in [-0.2, -0.15) is 5.10 Å². The van der Waals surface area contributed by atoms with E-state index in [1.54, 1.807) is 19.2 Å². The van der Waals surface area contributed by atoms with Crippen molar-refractivity contribution < 1.29 is 14.7 Å². The molecule has 0 aliphatic rings. The van der Waals surface area contributed by atoms with Crippen LogP contribution in [0.25, 0.3) is 22.1 Å². The molecule has 10 nitrogen and oxygen atoms in total. The number of thiazole rings is 1. The number of carboxylic acids is 1. The Labute approximate surface area is 151 Å². The summed E-state index contributed by atoms with van der Waals surface area (Å²) in [4.78, 5) is 35.7. The van der Waals surface area contributed by atoms with Crippen LogP contribution >= 0.6 is 11.3 Å². The van der Waals surface area contributed by atoms with Crippen LogP contribution in [0.2, 0.25) is 0 Å². The van der Waals surface area contributed by atoms with Crippen LogP contribution in [0.5, 0.6) is 0 Å². The van der Waals surface area contributed by atoms with Gasteiger partial charge in [0.25, 0.3) is 0 Å². The van der Waals surface area contributed by atoms with E-state index in [0.29, 0.717) is 28.8 Å². The Hall–Kier alpha value is -3.34. The van der Waals surface area contributed by atoms with Crippen LogP contribution in [0.1, 0.15) is 16.6 Å². The maximum Gasteiger partial charge on any atom is 0.348 e. The summed E-state index contributed by atoms with van der Waals surface area (Å²) in [7, 11) is 1.66. The van der Waals surface area contributed by atoms with Crippen LogP contribution in [0, 0.1) is 0 Å². The third kappa shape index (κ3) is 3.52. The van der Waals surface area contributed by atoms with Gasteiger partial charge in [0.2, 0.25) is 0 Å². The number of aryl methyl sites for hydroxylation is 1. The van der Waals surface area contributed by atoms with Gasteiger partial charge in [0, 0.05) is 25.4 Å². The van der Waals surface area contributed by atoms with Gasteiger partial charge in [-0.05, 0) is 19.1 Å². The Morgan fingerprint density at radius 3 is 2.69 bits per heavy atom. The van der Waals surface area contributed by atoms with Gasteiger partial charge in [0.1, 0.15) is 27.7 Å². The van der Waals surface area contributed by atoms with Crippen LogP contribution in [-0.4, -0.2) is 48.4 Å². The second kappa shape index (κ2) is 7.27. The third-order valence-electron chi connectivity index (χ3n) is 3.33. The molecular formula is C15H15N7O3S. The number of nitrogens with one attached hydrogen (secondary N) is 2. The predicted molar refractivity (Wildman–Crippen MR) is 95.0 cm³/mol. The quantitative estimate of drug-likeness (QED) is 0.621. The molecule has 0 radical (unpaired) electrons. The summed E-state index contributed by atoms with van der Waals surface area (Å²) < 4.78 is 1.46. The number of carbonyl (C=O) groups is 2. The standard InChI is InChI=1S/C15H15N7O3S/c1-3-16-15(25)20-9-5-4-8(6-17-9)13-21-10(11(26-13)14(23)24)12-18-7-19-22(12)2/h4-7H,3H2,1-2H3,(H,23,24)(H2,16,17,20,25). The zero-order valence-corrected chi connectivity index (χ0v) is 14.7. The Bertz CT molecular complexity index is 949. The van der Waals surface area contributed by atoms with Gasteiger partial charge in [0.05, 0.1) is 0 Å². The van der Waals surface area contributed by atoms with Crippen molar-refractivity contribution in [3.63, 3.8) is 0 Å². The fraction of sp³-hybridized carbons (Fsp3) is 0.200. The van der Waals surface area contributed by atoms with Gasteiger partial charge < -0.3 is 10.4 Å². The van der Waals surface area contributed by atoms with Crippen molar-refractivity contribution in [1.82, 2.24) is 30.0 Å². The lowest BCUT2D eigenvalue weighted by atomic mass is 10.3. The average molecular weight is 373 g/mol. The molecule has 3 aromatic heterocycles. The van der Waals surface area contributed by atoms with E-state index in [2.05, 4.69) is 30.7 Å². The second-order valence-electron chi connectivity index (χ2n) is 5.13. The molecule has 3 N–H and O–H groups in total. The lowest BCUT2D eigenvalue weighted by Crippen LogP contribution is -2.28. The molecule has 134 valence electrons. The fourth-order valence-corrected chi connectivity index (χ4v) is 3.06. The van der Waals surface area contributed by atoms with E-state index in [0.717, 1.165) is 11.3 Å². The average Bonchev–Trinajstić information content (AvgIpc) is 3.21. The first-order valence-electron chi connectivity index (χ1n) is 7.59. The van der Waals surface area contributed by atoms with Crippen molar-refractivity contribution in [2.75, 3.05) is 11.9 Å². The summed E-state index contributed by atoms with van der Waals surface area (Å²) in [5, 5.41) is 19.1. The molecule has 3 heterocycles. The number of aromatic carboxylic acids is 1. The maximum absolute atomic E-state index is 11.6. The van der Waals surface area contributed by atoms with Crippen LogP contribution in [0.4, 0.5) is 10.6 Å². The first-order valence-corrected chi connectivity index (χ1v) is 8.41. The number of carboxylic acid groups (broad SMARTS) is 1. The molecule has 0 atom stereocenters. The Balaban J connectivity index is 1.91. The number of rotatable bonds is 5. The summed E-state index contributed by atoms with van der Waals surface area (Å²) in [5.41, 5.74) is 0.884. The molecular weight excluding hydrogens is 358 g/mol. The first kappa shape index (κ1) is 17.5. The Morgan fingerprint density at radius 1 is 1.31 bits per heavy atom. The number of pyridine rings is 1. The minimum Gasteiger partial charge on any atom is -0.477 e. The minimum atomic E-state index is -1.09. The third-order valence-corrected chi connectivity index (χ3v) is 4.43. The SMILES string of the molecule is CCNC(=O)Nc1ccc(-c2nc(-c3ncnn3C)c(C(=O)O)s2)cn1. The molecule has 0 aliphatic heterocycles.